The van der Waals surface area contributed by atoms with Crippen molar-refractivity contribution in [2.24, 2.45) is 0 Å². The van der Waals surface area contributed by atoms with E-state index in [-0.39, 0.29) is 22.8 Å². The molecule has 4 rings (SSSR count). The Hall–Kier alpha value is -2.51. The fraction of sp³-hybridized carbons (Fsp3) is 0.462. The number of benzene rings is 2. The van der Waals surface area contributed by atoms with Gasteiger partial charge in [-0.05, 0) is 55.4 Å². The van der Waals surface area contributed by atoms with Gasteiger partial charge >= 0.3 is 5.97 Å². The van der Waals surface area contributed by atoms with Gasteiger partial charge in [-0.25, -0.2) is 13.2 Å². The van der Waals surface area contributed by atoms with Crippen LogP contribution < -0.4 is 0 Å². The van der Waals surface area contributed by atoms with Crippen molar-refractivity contribution >= 4 is 21.8 Å². The third-order valence-corrected chi connectivity index (χ3v) is 8.56. The summed E-state index contributed by atoms with van der Waals surface area (Å²) >= 11 is 0. The van der Waals surface area contributed by atoms with E-state index in [0.717, 1.165) is 19.3 Å². The van der Waals surface area contributed by atoms with Gasteiger partial charge in [0.25, 0.3) is 0 Å². The third kappa shape index (κ3) is 5.71. The van der Waals surface area contributed by atoms with Gasteiger partial charge in [0.05, 0.1) is 10.5 Å². The number of piperidine rings is 1. The van der Waals surface area contributed by atoms with Crippen LogP contribution in [0.1, 0.15) is 83.6 Å². The predicted octanol–water partition coefficient (Wildman–Crippen LogP) is 4.95. The number of Topliss-reactive ketones (excluding diaryl/α,β-unsaturated/α-hetero) is 1. The molecular formula is C26H31NO5S. The molecular weight excluding hydrogens is 438 g/mol. The zero-order valence-electron chi connectivity index (χ0n) is 18.9. The quantitative estimate of drug-likeness (QED) is 0.423. The van der Waals surface area contributed by atoms with Crippen LogP contribution in [0, 0.1) is 0 Å². The van der Waals surface area contributed by atoms with Gasteiger partial charge in [-0.1, -0.05) is 56.0 Å². The first-order valence-electron chi connectivity index (χ1n) is 11.9. The molecule has 7 heteroatoms. The molecule has 0 amide bonds. The van der Waals surface area contributed by atoms with Crippen molar-refractivity contribution in [2.75, 3.05) is 19.7 Å². The molecule has 1 saturated carbocycles. The number of esters is 1. The van der Waals surface area contributed by atoms with E-state index in [9.17, 15) is 18.0 Å². The second-order valence-electron chi connectivity index (χ2n) is 8.95. The second-order valence-corrected chi connectivity index (χ2v) is 10.9. The molecule has 1 aliphatic heterocycles. The van der Waals surface area contributed by atoms with Crippen molar-refractivity contribution in [3.63, 3.8) is 0 Å². The van der Waals surface area contributed by atoms with Gasteiger partial charge in [0, 0.05) is 18.7 Å². The SMILES string of the molecule is O=C(COC(=O)c1cccc(S(=O)(=O)N2CCCCC2)c1)c1ccc(C2CCCCC2)cc1. The first kappa shape index (κ1) is 23.6. The van der Waals surface area contributed by atoms with Gasteiger partial charge in [-0.15, -0.1) is 0 Å². The largest absolute Gasteiger partial charge is 0.454 e. The van der Waals surface area contributed by atoms with Gasteiger partial charge in [-0.3, -0.25) is 4.79 Å². The monoisotopic (exact) mass is 469 g/mol. The molecule has 0 radical (unpaired) electrons. The fourth-order valence-corrected chi connectivity index (χ4v) is 6.28. The molecule has 0 aromatic heterocycles. The van der Waals surface area contributed by atoms with Crippen molar-refractivity contribution in [2.45, 2.75) is 62.2 Å². The smallest absolute Gasteiger partial charge is 0.338 e. The molecule has 1 saturated heterocycles. The Morgan fingerprint density at radius 2 is 1.52 bits per heavy atom. The maximum absolute atomic E-state index is 12.9. The number of rotatable bonds is 7. The molecule has 0 spiro atoms. The van der Waals surface area contributed by atoms with E-state index in [4.69, 9.17) is 4.74 Å². The van der Waals surface area contributed by atoms with Crippen LogP contribution in [0.3, 0.4) is 0 Å². The Kier molecular flexibility index (Phi) is 7.60. The Balaban J connectivity index is 1.36. The summed E-state index contributed by atoms with van der Waals surface area (Å²) in [7, 11) is -3.65. The summed E-state index contributed by atoms with van der Waals surface area (Å²) in [6.07, 6.45) is 8.88. The van der Waals surface area contributed by atoms with Crippen LogP contribution in [-0.4, -0.2) is 44.2 Å². The lowest BCUT2D eigenvalue weighted by molar-refractivity contribution is 0.0474. The van der Waals surface area contributed by atoms with Crippen molar-refractivity contribution in [3.05, 3.63) is 65.2 Å². The highest BCUT2D eigenvalue weighted by Crippen LogP contribution is 2.32. The first-order chi connectivity index (χ1) is 15.9. The van der Waals surface area contributed by atoms with E-state index in [0.29, 0.717) is 24.6 Å². The average molecular weight is 470 g/mol. The van der Waals surface area contributed by atoms with Crippen LogP contribution in [0.15, 0.2) is 53.4 Å². The van der Waals surface area contributed by atoms with Crippen molar-refractivity contribution < 1.29 is 22.7 Å². The Morgan fingerprint density at radius 3 is 2.21 bits per heavy atom. The number of ether oxygens (including phenoxy) is 1. The fourth-order valence-electron chi connectivity index (χ4n) is 4.71. The molecule has 2 aliphatic rings. The number of nitrogens with zero attached hydrogens (tertiary/aromatic N) is 1. The van der Waals surface area contributed by atoms with Crippen LogP contribution in [0.5, 0.6) is 0 Å². The normalized spacial score (nSPS) is 18.1. The van der Waals surface area contributed by atoms with Crippen LogP contribution in [0.25, 0.3) is 0 Å². The lowest BCUT2D eigenvalue weighted by Gasteiger charge is -2.25. The van der Waals surface area contributed by atoms with E-state index in [2.05, 4.69) is 0 Å². The highest BCUT2D eigenvalue weighted by Gasteiger charge is 2.26. The summed E-state index contributed by atoms with van der Waals surface area (Å²) < 4.78 is 32.4. The molecule has 0 bridgehead atoms. The molecule has 0 unspecified atom stereocenters. The van der Waals surface area contributed by atoms with E-state index in [1.165, 1.54) is 66.2 Å². The topological polar surface area (TPSA) is 80.8 Å². The molecule has 176 valence electrons. The second kappa shape index (κ2) is 10.6. The summed E-state index contributed by atoms with van der Waals surface area (Å²) in [6.45, 7) is 0.598. The van der Waals surface area contributed by atoms with Gasteiger partial charge in [-0.2, -0.15) is 4.31 Å². The van der Waals surface area contributed by atoms with E-state index >= 15 is 0 Å². The van der Waals surface area contributed by atoms with E-state index in [1.54, 1.807) is 12.1 Å². The highest BCUT2D eigenvalue weighted by molar-refractivity contribution is 7.89. The van der Waals surface area contributed by atoms with E-state index < -0.39 is 16.0 Å². The van der Waals surface area contributed by atoms with Gasteiger partial charge in [0.15, 0.2) is 12.4 Å². The Morgan fingerprint density at radius 1 is 0.848 bits per heavy atom. The molecule has 0 atom stereocenters. The van der Waals surface area contributed by atoms with Crippen LogP contribution in [0.4, 0.5) is 0 Å². The molecule has 2 aromatic carbocycles. The Labute approximate surface area is 196 Å². The molecule has 6 nitrogen and oxygen atoms in total. The average Bonchev–Trinajstić information content (AvgIpc) is 2.88. The van der Waals surface area contributed by atoms with Crippen LogP contribution in [0.2, 0.25) is 0 Å². The lowest BCUT2D eigenvalue weighted by atomic mass is 9.84. The minimum atomic E-state index is -3.65. The van der Waals surface area contributed by atoms with Crippen LogP contribution in [-0.2, 0) is 14.8 Å². The number of ketones is 1. The zero-order valence-corrected chi connectivity index (χ0v) is 19.7. The predicted molar refractivity (Wildman–Crippen MR) is 126 cm³/mol. The number of carbonyl (C=O) groups excluding carboxylic acids is 2. The van der Waals surface area contributed by atoms with Gasteiger partial charge in [0.1, 0.15) is 0 Å². The molecule has 0 N–H and O–H groups in total. The minimum Gasteiger partial charge on any atom is -0.454 e. The zero-order chi connectivity index (χ0) is 23.3. The van der Waals surface area contributed by atoms with Crippen molar-refractivity contribution in [1.82, 2.24) is 4.31 Å². The molecule has 1 aliphatic carbocycles. The highest BCUT2D eigenvalue weighted by atomic mass is 32.2. The molecule has 2 fully saturated rings. The van der Waals surface area contributed by atoms with Gasteiger partial charge < -0.3 is 4.74 Å². The lowest BCUT2D eigenvalue weighted by Crippen LogP contribution is -2.35. The number of carbonyl (C=O) groups is 2. The Bertz CT molecular complexity index is 1080. The number of sulfonamides is 1. The minimum absolute atomic E-state index is 0.0727. The molecule has 2 aromatic rings. The maximum atomic E-state index is 12.9. The first-order valence-corrected chi connectivity index (χ1v) is 13.3. The number of hydrogen-bond donors (Lipinski definition) is 0. The maximum Gasteiger partial charge on any atom is 0.338 e. The molecule has 1 heterocycles. The van der Waals surface area contributed by atoms with Crippen molar-refractivity contribution in [3.8, 4) is 0 Å². The number of hydrogen-bond acceptors (Lipinski definition) is 5. The van der Waals surface area contributed by atoms with Gasteiger partial charge in [0.2, 0.25) is 10.0 Å². The summed E-state index contributed by atoms with van der Waals surface area (Å²) in [4.78, 5) is 25.1. The summed E-state index contributed by atoms with van der Waals surface area (Å²) in [6, 6.07) is 13.4. The van der Waals surface area contributed by atoms with E-state index in [1.807, 2.05) is 12.1 Å². The van der Waals surface area contributed by atoms with Crippen LogP contribution >= 0.6 is 0 Å². The molecule has 33 heavy (non-hydrogen) atoms. The standard InChI is InChI=1S/C26H31NO5S/c28-25(22-14-12-21(13-15-22)20-8-3-1-4-9-20)19-32-26(29)23-10-7-11-24(18-23)33(30,31)27-16-5-2-6-17-27/h7,10-15,18,20H,1-6,8-9,16-17,19H2. The summed E-state index contributed by atoms with van der Waals surface area (Å²) in [5, 5.41) is 0. The van der Waals surface area contributed by atoms with Crippen molar-refractivity contribution in [1.29, 1.82) is 0 Å². The summed E-state index contributed by atoms with van der Waals surface area (Å²) in [5.74, 6) is -0.428. The summed E-state index contributed by atoms with van der Waals surface area (Å²) in [5.41, 5.74) is 1.88. The third-order valence-electron chi connectivity index (χ3n) is 6.67.